The fraction of sp³-hybridized carbons (Fsp3) is 1.00. The van der Waals surface area contributed by atoms with Crippen LogP contribution in [-0.2, 0) is 0 Å². The molecule has 0 saturated carbocycles. The van der Waals surface area contributed by atoms with E-state index < -0.39 is 6.05 Å². The maximum absolute atomic E-state index is 13.2. The van der Waals surface area contributed by atoms with E-state index in [1.54, 1.807) is 6.92 Å². The lowest BCUT2D eigenvalue weighted by Gasteiger charge is -2.38. The number of hydrogen-bond acceptors (Lipinski definition) is 1. The van der Waals surface area contributed by atoms with Gasteiger partial charge in [-0.1, -0.05) is 20.3 Å². The fourth-order valence-electron chi connectivity index (χ4n) is 1.82. The highest BCUT2D eigenvalue weighted by Gasteiger charge is 2.41. The van der Waals surface area contributed by atoms with E-state index >= 15 is 0 Å². The molecule has 0 aromatic rings. The van der Waals surface area contributed by atoms with Gasteiger partial charge in [-0.25, -0.2) is 4.90 Å². The Kier molecular flexibility index (Phi) is 3.04. The highest BCUT2D eigenvalue weighted by Crippen LogP contribution is 2.35. The highest BCUT2D eigenvalue weighted by atomic mass is 19.3. The number of hydrogen-bond donors (Lipinski definition) is 0. The van der Waals surface area contributed by atoms with Crippen LogP contribution in [-0.4, -0.2) is 24.0 Å². The van der Waals surface area contributed by atoms with E-state index in [0.29, 0.717) is 13.1 Å². The van der Waals surface area contributed by atoms with Crippen LogP contribution in [0.1, 0.15) is 33.1 Å². The first kappa shape index (κ1) is 9.90. The van der Waals surface area contributed by atoms with Crippen molar-refractivity contribution in [2.24, 2.45) is 5.92 Å². The average Bonchev–Trinajstić information content (AvgIpc) is 2.02. The van der Waals surface area contributed by atoms with Crippen molar-refractivity contribution >= 4 is 0 Å². The van der Waals surface area contributed by atoms with Crippen molar-refractivity contribution in [1.82, 2.24) is 4.90 Å². The van der Waals surface area contributed by atoms with Crippen molar-refractivity contribution in [3.05, 3.63) is 0 Å². The summed E-state index contributed by atoms with van der Waals surface area (Å²) in [5.41, 5.74) is 0. The monoisotopic (exact) mass is 177 g/mol. The molecule has 1 atom stereocenters. The summed E-state index contributed by atoms with van der Waals surface area (Å²) in [7, 11) is 0. The molecule has 12 heavy (non-hydrogen) atoms. The Labute approximate surface area is 72.7 Å². The van der Waals surface area contributed by atoms with Gasteiger partial charge >= 0.3 is 6.05 Å². The summed E-state index contributed by atoms with van der Waals surface area (Å²) in [5.74, 6) is 0.225. The molecule has 0 aromatic heterocycles. The summed E-state index contributed by atoms with van der Waals surface area (Å²) < 4.78 is 26.5. The number of alkyl halides is 2. The van der Waals surface area contributed by atoms with Crippen LogP contribution in [0.4, 0.5) is 8.78 Å². The van der Waals surface area contributed by atoms with Gasteiger partial charge in [0.1, 0.15) is 0 Å². The van der Waals surface area contributed by atoms with E-state index in [-0.39, 0.29) is 12.3 Å². The van der Waals surface area contributed by atoms with E-state index in [0.717, 1.165) is 12.8 Å². The molecule has 1 heterocycles. The summed E-state index contributed by atoms with van der Waals surface area (Å²) in [6.45, 7) is 4.80. The lowest BCUT2D eigenvalue weighted by molar-refractivity contribution is -0.178. The van der Waals surface area contributed by atoms with Crippen molar-refractivity contribution in [2.75, 3.05) is 13.1 Å². The smallest absolute Gasteiger partial charge is 0.245 e. The summed E-state index contributed by atoms with van der Waals surface area (Å²) in [5, 5.41) is 0. The first-order chi connectivity index (χ1) is 5.60. The molecule has 1 aliphatic rings. The zero-order valence-electron chi connectivity index (χ0n) is 7.82. The molecule has 0 aromatic carbocycles. The zero-order chi connectivity index (χ0) is 9.19. The molecular weight excluding hydrogens is 160 g/mol. The number of rotatable bonds is 2. The van der Waals surface area contributed by atoms with Crippen LogP contribution in [0.25, 0.3) is 0 Å². The second kappa shape index (κ2) is 3.69. The van der Waals surface area contributed by atoms with Gasteiger partial charge in [0.2, 0.25) is 0 Å². The number of halogens is 2. The fourth-order valence-corrected chi connectivity index (χ4v) is 1.82. The van der Waals surface area contributed by atoms with Crippen LogP contribution in [0.3, 0.4) is 0 Å². The van der Waals surface area contributed by atoms with Crippen molar-refractivity contribution in [1.29, 1.82) is 0 Å². The number of likely N-dealkylation sites (tertiary alicyclic amines) is 1. The number of piperidine rings is 1. The van der Waals surface area contributed by atoms with Gasteiger partial charge in [0.25, 0.3) is 0 Å². The third-order valence-electron chi connectivity index (χ3n) is 2.76. The third-order valence-corrected chi connectivity index (χ3v) is 2.76. The van der Waals surface area contributed by atoms with Crippen LogP contribution >= 0.6 is 0 Å². The summed E-state index contributed by atoms with van der Waals surface area (Å²) in [6.07, 6.45) is 1.87. The quantitative estimate of drug-likeness (QED) is 0.586. The van der Waals surface area contributed by atoms with E-state index in [9.17, 15) is 8.78 Å². The van der Waals surface area contributed by atoms with E-state index in [4.69, 9.17) is 0 Å². The number of nitrogens with zero attached hydrogens (tertiary/aromatic N) is 1. The molecule has 0 N–H and O–H groups in total. The molecular formula is C9H17F2N. The summed E-state index contributed by atoms with van der Waals surface area (Å²) in [4.78, 5) is 1.28. The van der Waals surface area contributed by atoms with Crippen LogP contribution < -0.4 is 0 Å². The molecule has 1 rings (SSSR count). The average molecular weight is 177 g/mol. The lowest BCUT2D eigenvalue weighted by atomic mass is 9.93. The van der Waals surface area contributed by atoms with Crippen molar-refractivity contribution in [3.8, 4) is 0 Å². The Balaban J connectivity index is 2.54. The molecule has 1 fully saturated rings. The van der Waals surface area contributed by atoms with E-state index in [1.807, 2.05) is 6.92 Å². The minimum absolute atomic E-state index is 0.0529. The Bertz CT molecular complexity index is 147. The molecule has 72 valence electrons. The second-order valence-electron chi connectivity index (χ2n) is 3.51. The normalized spacial score (nSPS) is 30.5. The van der Waals surface area contributed by atoms with Gasteiger partial charge in [0.15, 0.2) is 0 Å². The van der Waals surface area contributed by atoms with Gasteiger partial charge in [0.05, 0.1) is 0 Å². The Morgan fingerprint density at radius 3 is 2.50 bits per heavy atom. The van der Waals surface area contributed by atoms with Gasteiger partial charge in [0, 0.05) is 19.5 Å². The molecule has 0 bridgehead atoms. The second-order valence-corrected chi connectivity index (χ2v) is 3.51. The SMILES string of the molecule is CCC1CCN(CC)C(F)(F)C1. The Morgan fingerprint density at radius 2 is 2.08 bits per heavy atom. The van der Waals surface area contributed by atoms with E-state index in [2.05, 4.69) is 0 Å². The molecule has 0 amide bonds. The minimum Gasteiger partial charge on any atom is -0.245 e. The molecule has 1 nitrogen and oxygen atoms in total. The van der Waals surface area contributed by atoms with Gasteiger partial charge < -0.3 is 0 Å². The van der Waals surface area contributed by atoms with Crippen molar-refractivity contribution < 1.29 is 8.78 Å². The highest BCUT2D eigenvalue weighted by molar-refractivity contribution is 4.79. The topological polar surface area (TPSA) is 3.24 Å². The predicted octanol–water partition coefficient (Wildman–Crippen LogP) is 2.72. The standard InChI is InChI=1S/C9H17F2N/c1-3-8-5-6-12(4-2)9(10,11)7-8/h8H,3-7H2,1-2H3. The zero-order valence-corrected chi connectivity index (χ0v) is 7.82. The molecule has 0 spiro atoms. The first-order valence-electron chi connectivity index (χ1n) is 4.73. The molecule has 3 heteroatoms. The van der Waals surface area contributed by atoms with Crippen molar-refractivity contribution in [2.45, 2.75) is 39.2 Å². The molecule has 1 saturated heterocycles. The van der Waals surface area contributed by atoms with Crippen LogP contribution in [0.15, 0.2) is 0 Å². The van der Waals surface area contributed by atoms with Gasteiger partial charge in [-0.05, 0) is 12.3 Å². The summed E-state index contributed by atoms with van der Waals surface area (Å²) in [6, 6.07) is -2.55. The van der Waals surface area contributed by atoms with Crippen molar-refractivity contribution in [3.63, 3.8) is 0 Å². The minimum atomic E-state index is -2.55. The van der Waals surface area contributed by atoms with E-state index in [1.165, 1.54) is 4.90 Å². The van der Waals surface area contributed by atoms with Crippen LogP contribution in [0.2, 0.25) is 0 Å². The van der Waals surface area contributed by atoms with Gasteiger partial charge in [-0.15, -0.1) is 0 Å². The molecule has 0 aliphatic carbocycles. The Hall–Kier alpha value is -0.180. The Morgan fingerprint density at radius 1 is 1.42 bits per heavy atom. The lowest BCUT2D eigenvalue weighted by Crippen LogP contribution is -2.47. The predicted molar refractivity (Wildman–Crippen MR) is 45.2 cm³/mol. The first-order valence-corrected chi connectivity index (χ1v) is 4.73. The summed E-state index contributed by atoms with van der Waals surface area (Å²) >= 11 is 0. The van der Waals surface area contributed by atoms with Crippen LogP contribution in [0, 0.1) is 5.92 Å². The van der Waals surface area contributed by atoms with Gasteiger partial charge in [-0.3, -0.25) is 0 Å². The molecule has 1 unspecified atom stereocenters. The third kappa shape index (κ3) is 1.94. The maximum Gasteiger partial charge on any atom is 0.305 e. The molecule has 0 radical (unpaired) electrons. The maximum atomic E-state index is 13.2. The largest absolute Gasteiger partial charge is 0.305 e. The van der Waals surface area contributed by atoms with Gasteiger partial charge in [-0.2, -0.15) is 8.78 Å². The van der Waals surface area contributed by atoms with Crippen LogP contribution in [0.5, 0.6) is 0 Å². The molecule has 1 aliphatic heterocycles.